The smallest absolute Gasteiger partial charge is 0.353 e. The maximum absolute atomic E-state index is 14.6. The maximum atomic E-state index is 14.6. The summed E-state index contributed by atoms with van der Waals surface area (Å²) in [5, 5.41) is 0. The van der Waals surface area contributed by atoms with Gasteiger partial charge in [-0.05, 0) is 23.6 Å². The van der Waals surface area contributed by atoms with E-state index in [0.29, 0.717) is 31.6 Å². The second-order valence-corrected chi connectivity index (χ2v) is 8.93. The van der Waals surface area contributed by atoms with Gasteiger partial charge in [0.25, 0.3) is 5.91 Å². The number of alkyl halides is 5. The number of carbonyl (C=O) groups excluding carboxylic acids is 1. The van der Waals surface area contributed by atoms with Crippen molar-refractivity contribution in [3.05, 3.63) is 35.4 Å². The van der Waals surface area contributed by atoms with Gasteiger partial charge in [-0.15, -0.1) is 0 Å². The number of rotatable bonds is 3. The number of ether oxygens (including phenoxy) is 1. The number of hydrogen-bond acceptors (Lipinski definition) is 3. The van der Waals surface area contributed by atoms with Crippen molar-refractivity contribution in [2.45, 2.75) is 57.1 Å². The van der Waals surface area contributed by atoms with Gasteiger partial charge in [-0.2, -0.15) is 22.0 Å². The Labute approximate surface area is 172 Å². The highest BCUT2D eigenvalue weighted by Gasteiger charge is 2.66. The average molecular weight is 432 g/mol. The highest BCUT2D eigenvalue weighted by Crippen LogP contribution is 2.51. The fourth-order valence-corrected chi connectivity index (χ4v) is 5.04. The second-order valence-electron chi connectivity index (χ2n) is 8.93. The molecule has 3 saturated heterocycles. The first kappa shape index (κ1) is 21.5. The molecule has 0 N–H and O–H groups in total. The molecule has 3 aliphatic rings. The van der Waals surface area contributed by atoms with E-state index >= 15 is 0 Å². The van der Waals surface area contributed by atoms with Crippen LogP contribution in [0.4, 0.5) is 22.0 Å². The van der Waals surface area contributed by atoms with Gasteiger partial charge >= 0.3 is 12.1 Å². The molecule has 4 nitrogen and oxygen atoms in total. The summed E-state index contributed by atoms with van der Waals surface area (Å²) in [4.78, 5) is 15.8. The molecule has 9 heteroatoms. The highest BCUT2D eigenvalue weighted by atomic mass is 19.4. The van der Waals surface area contributed by atoms with Crippen molar-refractivity contribution in [2.24, 2.45) is 11.8 Å². The SMILES string of the molecule is CC(C)[C@H]1CO[C@]23CCN(Cc4ccc(C(F)(F)F)cc4)C[C@H]2CC(F)(F)C(=O)N13. The lowest BCUT2D eigenvalue weighted by Crippen LogP contribution is -2.69. The van der Waals surface area contributed by atoms with Crippen LogP contribution in [0.3, 0.4) is 0 Å². The van der Waals surface area contributed by atoms with E-state index < -0.39 is 41.6 Å². The van der Waals surface area contributed by atoms with Gasteiger partial charge in [0.2, 0.25) is 0 Å². The van der Waals surface area contributed by atoms with Gasteiger partial charge in [-0.25, -0.2) is 0 Å². The third-order valence-corrected chi connectivity index (χ3v) is 6.64. The first-order valence-corrected chi connectivity index (χ1v) is 10.2. The van der Waals surface area contributed by atoms with Gasteiger partial charge in [-0.1, -0.05) is 26.0 Å². The zero-order valence-electron chi connectivity index (χ0n) is 16.9. The summed E-state index contributed by atoms with van der Waals surface area (Å²) >= 11 is 0. The van der Waals surface area contributed by atoms with E-state index in [1.165, 1.54) is 17.0 Å². The fourth-order valence-electron chi connectivity index (χ4n) is 5.04. The van der Waals surface area contributed by atoms with Crippen LogP contribution < -0.4 is 0 Å². The zero-order valence-corrected chi connectivity index (χ0v) is 16.9. The number of likely N-dealkylation sites (tertiary alicyclic amines) is 1. The Bertz CT molecular complexity index is 811. The monoisotopic (exact) mass is 432 g/mol. The molecule has 0 aromatic heterocycles. The third kappa shape index (κ3) is 3.49. The molecule has 4 rings (SSSR count). The second kappa shape index (κ2) is 7.15. The molecule has 1 aromatic carbocycles. The summed E-state index contributed by atoms with van der Waals surface area (Å²) in [6, 6.07) is 4.51. The maximum Gasteiger partial charge on any atom is 0.416 e. The molecule has 3 heterocycles. The van der Waals surface area contributed by atoms with Crippen LogP contribution in [0.2, 0.25) is 0 Å². The van der Waals surface area contributed by atoms with Crippen LogP contribution in [-0.2, 0) is 22.3 Å². The number of halogens is 5. The van der Waals surface area contributed by atoms with Gasteiger partial charge in [0.05, 0.1) is 18.2 Å². The molecule has 0 saturated carbocycles. The normalized spacial score (nSPS) is 31.7. The summed E-state index contributed by atoms with van der Waals surface area (Å²) in [6.07, 6.45) is -4.56. The van der Waals surface area contributed by atoms with Gasteiger partial charge in [0.1, 0.15) is 5.72 Å². The molecule has 3 aliphatic heterocycles. The van der Waals surface area contributed by atoms with Crippen molar-refractivity contribution in [3.8, 4) is 0 Å². The van der Waals surface area contributed by atoms with E-state index in [0.717, 1.165) is 12.1 Å². The molecular weight excluding hydrogens is 407 g/mol. The van der Waals surface area contributed by atoms with Crippen molar-refractivity contribution < 1.29 is 31.5 Å². The highest BCUT2D eigenvalue weighted by molar-refractivity contribution is 5.85. The number of carbonyl (C=O) groups is 1. The molecule has 0 aliphatic carbocycles. The summed E-state index contributed by atoms with van der Waals surface area (Å²) in [6.45, 7) is 5.19. The van der Waals surface area contributed by atoms with Gasteiger partial charge < -0.3 is 9.64 Å². The first-order chi connectivity index (χ1) is 13.9. The molecule has 3 atom stereocenters. The molecule has 1 aromatic rings. The fraction of sp³-hybridized carbons (Fsp3) is 0.667. The minimum absolute atomic E-state index is 0.00643. The lowest BCUT2D eigenvalue weighted by atomic mass is 9.77. The number of nitrogens with zero attached hydrogens (tertiary/aromatic N) is 2. The predicted molar refractivity (Wildman–Crippen MR) is 98.5 cm³/mol. The van der Waals surface area contributed by atoms with Crippen molar-refractivity contribution >= 4 is 5.91 Å². The minimum Gasteiger partial charge on any atom is -0.353 e. The van der Waals surface area contributed by atoms with E-state index in [1.807, 2.05) is 18.7 Å². The van der Waals surface area contributed by atoms with Crippen LogP contribution in [0, 0.1) is 11.8 Å². The molecular formula is C21H25F5N2O2. The van der Waals surface area contributed by atoms with E-state index in [9.17, 15) is 26.7 Å². The Hall–Kier alpha value is -1.74. The number of piperidine rings is 2. The van der Waals surface area contributed by atoms with Crippen LogP contribution in [0.1, 0.15) is 37.8 Å². The van der Waals surface area contributed by atoms with Gasteiger partial charge in [0.15, 0.2) is 0 Å². The van der Waals surface area contributed by atoms with Crippen LogP contribution in [0.5, 0.6) is 0 Å². The summed E-state index contributed by atoms with van der Waals surface area (Å²) in [5.41, 5.74) is -1.05. The Morgan fingerprint density at radius 1 is 1.20 bits per heavy atom. The van der Waals surface area contributed by atoms with E-state index in [-0.39, 0.29) is 18.6 Å². The van der Waals surface area contributed by atoms with Gasteiger partial charge in [0, 0.05) is 38.4 Å². The van der Waals surface area contributed by atoms with Crippen LogP contribution in [-0.4, -0.2) is 53.1 Å². The van der Waals surface area contributed by atoms with Crippen LogP contribution in [0.15, 0.2) is 24.3 Å². The average Bonchev–Trinajstić information content (AvgIpc) is 3.04. The number of hydrogen-bond donors (Lipinski definition) is 0. The summed E-state index contributed by atoms with van der Waals surface area (Å²) in [7, 11) is 0. The molecule has 0 radical (unpaired) electrons. The van der Waals surface area contributed by atoms with Crippen LogP contribution >= 0.6 is 0 Å². The lowest BCUT2D eigenvalue weighted by Gasteiger charge is -2.54. The molecule has 1 spiro atoms. The van der Waals surface area contributed by atoms with Crippen molar-refractivity contribution in [1.29, 1.82) is 0 Å². The Balaban J connectivity index is 1.53. The Morgan fingerprint density at radius 3 is 2.47 bits per heavy atom. The van der Waals surface area contributed by atoms with Gasteiger partial charge in [-0.3, -0.25) is 9.69 Å². The van der Waals surface area contributed by atoms with Crippen molar-refractivity contribution in [3.63, 3.8) is 0 Å². The first-order valence-electron chi connectivity index (χ1n) is 10.2. The topological polar surface area (TPSA) is 32.8 Å². The molecule has 30 heavy (non-hydrogen) atoms. The quantitative estimate of drug-likeness (QED) is 0.673. The van der Waals surface area contributed by atoms with Crippen molar-refractivity contribution in [2.75, 3.05) is 19.7 Å². The minimum atomic E-state index is -4.40. The molecule has 166 valence electrons. The van der Waals surface area contributed by atoms with E-state index in [2.05, 4.69) is 0 Å². The van der Waals surface area contributed by atoms with Crippen LogP contribution in [0.25, 0.3) is 0 Å². The summed E-state index contributed by atoms with van der Waals surface area (Å²) in [5.74, 6) is -5.15. The van der Waals surface area contributed by atoms with E-state index in [4.69, 9.17) is 4.74 Å². The Kier molecular flexibility index (Phi) is 5.12. The zero-order chi connectivity index (χ0) is 21.9. The standard InChI is InChI=1S/C21H25F5N2O2/c1-13(2)17-12-30-20-7-8-27(10-14-3-5-15(6-4-14)21(24,25)26)11-16(20)9-19(22,23)18(29)28(17)20/h3-6,13,16-17H,7-12H2,1-2H3/t16-,17-,20-/m1/s1. The van der Waals surface area contributed by atoms with Crippen molar-refractivity contribution in [1.82, 2.24) is 9.80 Å². The number of amides is 1. The molecule has 0 bridgehead atoms. The largest absolute Gasteiger partial charge is 0.416 e. The molecule has 0 unspecified atom stereocenters. The summed E-state index contributed by atoms with van der Waals surface area (Å²) < 4.78 is 73.5. The van der Waals surface area contributed by atoms with E-state index in [1.54, 1.807) is 0 Å². The third-order valence-electron chi connectivity index (χ3n) is 6.64. The predicted octanol–water partition coefficient (Wildman–Crippen LogP) is 4.15. The number of benzene rings is 1. The lowest BCUT2D eigenvalue weighted by molar-refractivity contribution is -0.229. The molecule has 1 amide bonds. The Morgan fingerprint density at radius 2 is 1.87 bits per heavy atom. The molecule has 3 fully saturated rings.